The van der Waals surface area contributed by atoms with Crippen molar-refractivity contribution < 1.29 is 14.6 Å². The van der Waals surface area contributed by atoms with Crippen LogP contribution in [0.3, 0.4) is 0 Å². The zero-order valence-corrected chi connectivity index (χ0v) is 14.5. The summed E-state index contributed by atoms with van der Waals surface area (Å²) in [5.41, 5.74) is 1.03. The number of ether oxygens (including phenoxy) is 1. The second kappa shape index (κ2) is 7.99. The molecule has 5 nitrogen and oxygen atoms in total. The van der Waals surface area contributed by atoms with E-state index in [1.165, 1.54) is 10.5 Å². The number of amides is 2. The van der Waals surface area contributed by atoms with E-state index in [1.54, 1.807) is 7.05 Å². The molecule has 2 rings (SSSR count). The minimum Gasteiger partial charge on any atom is -0.394 e. The highest BCUT2D eigenvalue weighted by molar-refractivity contribution is 6.30. The summed E-state index contributed by atoms with van der Waals surface area (Å²) in [6.07, 6.45) is 1.71. The first-order valence-corrected chi connectivity index (χ1v) is 8.31. The minimum atomic E-state index is -0.212. The molecule has 2 N–H and O–H groups in total. The van der Waals surface area contributed by atoms with Gasteiger partial charge in [-0.25, -0.2) is 4.79 Å². The summed E-state index contributed by atoms with van der Waals surface area (Å²) >= 11 is 5.99. The van der Waals surface area contributed by atoms with Crippen LogP contribution in [0.1, 0.15) is 25.3 Å². The first-order chi connectivity index (χ1) is 11.0. The number of halogens is 1. The molecule has 23 heavy (non-hydrogen) atoms. The zero-order chi connectivity index (χ0) is 16.9. The lowest BCUT2D eigenvalue weighted by molar-refractivity contribution is 0.0499. The third-order valence-electron chi connectivity index (χ3n) is 4.73. The fraction of sp³-hybridized carbons (Fsp3) is 0.588. The highest BCUT2D eigenvalue weighted by Crippen LogP contribution is 2.34. The number of urea groups is 1. The van der Waals surface area contributed by atoms with Gasteiger partial charge in [0, 0.05) is 37.2 Å². The van der Waals surface area contributed by atoms with Crippen molar-refractivity contribution in [3.8, 4) is 0 Å². The molecule has 1 fully saturated rings. The first-order valence-electron chi connectivity index (χ1n) is 7.94. The molecule has 2 amide bonds. The second-order valence-electron chi connectivity index (χ2n) is 6.20. The molecule has 128 valence electrons. The molecule has 1 unspecified atom stereocenters. The highest BCUT2D eigenvalue weighted by Gasteiger charge is 2.35. The summed E-state index contributed by atoms with van der Waals surface area (Å²) in [7, 11) is 1.69. The van der Waals surface area contributed by atoms with Crippen molar-refractivity contribution in [1.29, 1.82) is 0 Å². The Bertz CT molecular complexity index is 515. The van der Waals surface area contributed by atoms with E-state index >= 15 is 0 Å². The molecule has 1 atom stereocenters. The number of hydrogen-bond acceptors (Lipinski definition) is 3. The minimum absolute atomic E-state index is 0.0555. The van der Waals surface area contributed by atoms with E-state index in [9.17, 15) is 9.90 Å². The van der Waals surface area contributed by atoms with Gasteiger partial charge in [-0.2, -0.15) is 0 Å². The number of carbonyl (C=O) groups excluding carboxylic acids is 1. The summed E-state index contributed by atoms with van der Waals surface area (Å²) < 4.78 is 5.50. The largest absolute Gasteiger partial charge is 0.394 e. The van der Waals surface area contributed by atoms with E-state index in [0.717, 1.165) is 12.8 Å². The normalized spacial score (nSPS) is 18.3. The number of aliphatic hydroxyl groups excluding tert-OH is 1. The van der Waals surface area contributed by atoms with Gasteiger partial charge in [-0.15, -0.1) is 0 Å². The molecule has 1 aromatic rings. The van der Waals surface area contributed by atoms with Crippen LogP contribution in [0.15, 0.2) is 24.3 Å². The summed E-state index contributed by atoms with van der Waals surface area (Å²) in [6, 6.07) is 7.44. The number of benzene rings is 1. The number of hydrogen-bond donors (Lipinski definition) is 2. The van der Waals surface area contributed by atoms with Gasteiger partial charge in [0.2, 0.25) is 0 Å². The van der Waals surface area contributed by atoms with Crippen LogP contribution in [-0.2, 0) is 10.2 Å². The van der Waals surface area contributed by atoms with Crippen molar-refractivity contribution >= 4 is 17.6 Å². The van der Waals surface area contributed by atoms with Crippen molar-refractivity contribution in [2.45, 2.75) is 31.2 Å². The predicted octanol–water partition coefficient (Wildman–Crippen LogP) is 2.41. The van der Waals surface area contributed by atoms with E-state index in [2.05, 4.69) is 5.32 Å². The van der Waals surface area contributed by atoms with Crippen molar-refractivity contribution in [2.24, 2.45) is 0 Å². The van der Waals surface area contributed by atoms with Crippen LogP contribution >= 0.6 is 11.6 Å². The predicted molar refractivity (Wildman–Crippen MR) is 90.9 cm³/mol. The molecule has 1 heterocycles. The van der Waals surface area contributed by atoms with E-state index in [0.29, 0.717) is 24.8 Å². The molecule has 1 saturated heterocycles. The Morgan fingerprint density at radius 2 is 2.00 bits per heavy atom. The molecule has 0 aromatic heterocycles. The Morgan fingerprint density at radius 3 is 2.57 bits per heavy atom. The Kier molecular flexibility index (Phi) is 6.27. The monoisotopic (exact) mass is 340 g/mol. The van der Waals surface area contributed by atoms with Gasteiger partial charge in [-0.1, -0.05) is 23.7 Å². The molecule has 0 radical (unpaired) electrons. The molecule has 0 aliphatic carbocycles. The number of aliphatic hydroxyl groups is 1. The molecule has 6 heteroatoms. The fourth-order valence-corrected chi connectivity index (χ4v) is 2.95. The summed E-state index contributed by atoms with van der Waals surface area (Å²) in [5, 5.41) is 12.9. The van der Waals surface area contributed by atoms with E-state index in [4.69, 9.17) is 16.3 Å². The van der Waals surface area contributed by atoms with Gasteiger partial charge in [0.25, 0.3) is 0 Å². The van der Waals surface area contributed by atoms with Crippen LogP contribution in [0.2, 0.25) is 5.02 Å². The third kappa shape index (κ3) is 4.37. The van der Waals surface area contributed by atoms with E-state index in [1.807, 2.05) is 31.2 Å². The summed E-state index contributed by atoms with van der Waals surface area (Å²) in [4.78, 5) is 13.8. The van der Waals surface area contributed by atoms with Gasteiger partial charge in [0.1, 0.15) is 0 Å². The standard InChI is InChI=1S/C17H25ClN2O3/c1-13(11-21)20(2)16(22)19-12-17(7-9-23-10-8-17)14-3-5-15(18)6-4-14/h3-6,13,21H,7-12H2,1-2H3,(H,19,22). The molecule has 1 aliphatic rings. The van der Waals surface area contributed by atoms with Crippen molar-refractivity contribution in [3.05, 3.63) is 34.9 Å². The van der Waals surface area contributed by atoms with Crippen molar-refractivity contribution in [1.82, 2.24) is 10.2 Å². The second-order valence-corrected chi connectivity index (χ2v) is 6.64. The number of nitrogens with zero attached hydrogens (tertiary/aromatic N) is 1. The first kappa shape index (κ1) is 18.0. The van der Waals surface area contributed by atoms with Crippen LogP contribution in [0, 0.1) is 0 Å². The zero-order valence-electron chi connectivity index (χ0n) is 13.7. The van der Waals surface area contributed by atoms with Crippen molar-refractivity contribution in [3.63, 3.8) is 0 Å². The molecule has 0 spiro atoms. The van der Waals surface area contributed by atoms with Gasteiger partial charge in [0.05, 0.1) is 12.6 Å². The number of nitrogens with one attached hydrogen (secondary N) is 1. The molecular weight excluding hydrogens is 316 g/mol. The average Bonchev–Trinajstić information content (AvgIpc) is 2.59. The Labute approximate surface area is 142 Å². The lowest BCUT2D eigenvalue weighted by atomic mass is 9.74. The van der Waals surface area contributed by atoms with Gasteiger partial charge in [-0.3, -0.25) is 0 Å². The maximum absolute atomic E-state index is 12.3. The SMILES string of the molecule is CC(CO)N(C)C(=O)NCC1(c2ccc(Cl)cc2)CCOCC1. The smallest absolute Gasteiger partial charge is 0.317 e. The maximum Gasteiger partial charge on any atom is 0.317 e. The van der Waals surface area contributed by atoms with Crippen LogP contribution in [-0.4, -0.2) is 55.5 Å². The molecular formula is C17H25ClN2O3. The average molecular weight is 341 g/mol. The van der Waals surface area contributed by atoms with E-state index in [-0.39, 0.29) is 24.1 Å². The van der Waals surface area contributed by atoms with Crippen LogP contribution in [0.25, 0.3) is 0 Å². The Balaban J connectivity index is 2.10. The third-order valence-corrected chi connectivity index (χ3v) is 4.98. The highest BCUT2D eigenvalue weighted by atomic mass is 35.5. The summed E-state index contributed by atoms with van der Waals surface area (Å²) in [5.74, 6) is 0. The Hall–Kier alpha value is -1.30. The van der Waals surface area contributed by atoms with E-state index < -0.39 is 0 Å². The number of carbonyl (C=O) groups is 1. The molecule has 1 aromatic carbocycles. The van der Waals surface area contributed by atoms with Gasteiger partial charge < -0.3 is 20.1 Å². The molecule has 0 saturated carbocycles. The topological polar surface area (TPSA) is 61.8 Å². The summed E-state index contributed by atoms with van der Waals surface area (Å²) in [6.45, 7) is 3.66. The fourth-order valence-electron chi connectivity index (χ4n) is 2.83. The van der Waals surface area contributed by atoms with Crippen LogP contribution in [0.4, 0.5) is 4.79 Å². The molecule has 1 aliphatic heterocycles. The van der Waals surface area contributed by atoms with Gasteiger partial charge in [0.15, 0.2) is 0 Å². The molecule has 0 bridgehead atoms. The van der Waals surface area contributed by atoms with Crippen LogP contribution in [0.5, 0.6) is 0 Å². The number of likely N-dealkylation sites (N-methyl/N-ethyl adjacent to an activating group) is 1. The quantitative estimate of drug-likeness (QED) is 0.865. The number of rotatable bonds is 5. The lowest BCUT2D eigenvalue weighted by Gasteiger charge is -2.38. The van der Waals surface area contributed by atoms with Crippen LogP contribution < -0.4 is 5.32 Å². The Morgan fingerprint density at radius 1 is 1.39 bits per heavy atom. The van der Waals surface area contributed by atoms with Gasteiger partial charge in [-0.05, 0) is 37.5 Å². The van der Waals surface area contributed by atoms with Crippen molar-refractivity contribution in [2.75, 3.05) is 33.4 Å². The van der Waals surface area contributed by atoms with Gasteiger partial charge >= 0.3 is 6.03 Å². The maximum atomic E-state index is 12.3. The lowest BCUT2D eigenvalue weighted by Crippen LogP contribution is -2.50.